The molecule has 1 aliphatic rings. The first kappa shape index (κ1) is 20.8. The van der Waals surface area contributed by atoms with E-state index >= 15 is 0 Å². The summed E-state index contributed by atoms with van der Waals surface area (Å²) < 4.78 is 7.96. The summed E-state index contributed by atoms with van der Waals surface area (Å²) in [6.45, 7) is 1.89. The fraction of sp³-hybridized carbons (Fsp3) is 0.238. The number of methoxy groups -OCH3 is 1. The van der Waals surface area contributed by atoms with Crippen LogP contribution < -0.4 is 10.1 Å². The normalized spacial score (nSPS) is 14.9. The lowest BCUT2D eigenvalue weighted by molar-refractivity contribution is -0.121. The van der Waals surface area contributed by atoms with Crippen LogP contribution >= 0.6 is 34.2 Å². The Hall–Kier alpha value is -2.46. The van der Waals surface area contributed by atoms with Gasteiger partial charge in [0.15, 0.2) is 5.82 Å². The van der Waals surface area contributed by atoms with Crippen LogP contribution in [0.15, 0.2) is 47.5 Å². The molecule has 0 spiro atoms. The molecule has 0 unspecified atom stereocenters. The minimum atomic E-state index is -0.488. The first-order valence-electron chi connectivity index (χ1n) is 9.29. The molecule has 7 nitrogen and oxygen atoms in total. The summed E-state index contributed by atoms with van der Waals surface area (Å²) in [7, 11) is 1.63. The number of amides is 1. The predicted octanol–water partition coefficient (Wildman–Crippen LogP) is 4.03. The summed E-state index contributed by atoms with van der Waals surface area (Å²) in [6, 6.07) is 12.8. The zero-order chi connectivity index (χ0) is 21.3. The maximum Gasteiger partial charge on any atom is 0.223 e. The summed E-state index contributed by atoms with van der Waals surface area (Å²) in [4.78, 5) is 17.4. The van der Waals surface area contributed by atoms with Gasteiger partial charge in [0, 0.05) is 16.1 Å². The van der Waals surface area contributed by atoms with Crippen LogP contribution in [0.3, 0.4) is 0 Å². The second-order valence-corrected chi connectivity index (χ2v) is 7.96. The molecule has 3 aromatic rings. The predicted molar refractivity (Wildman–Crippen MR) is 124 cm³/mol. The minimum Gasteiger partial charge on any atom is -0.497 e. The molecule has 0 bridgehead atoms. The topological polar surface area (TPSA) is 81.4 Å². The van der Waals surface area contributed by atoms with Crippen molar-refractivity contribution in [1.82, 2.24) is 20.1 Å². The molecule has 1 aliphatic heterocycles. The summed E-state index contributed by atoms with van der Waals surface area (Å²) >= 11 is 8.21. The van der Waals surface area contributed by atoms with Gasteiger partial charge in [-0.3, -0.25) is 14.4 Å². The van der Waals surface area contributed by atoms with Gasteiger partial charge in [0.1, 0.15) is 17.6 Å². The van der Waals surface area contributed by atoms with Gasteiger partial charge < -0.3 is 10.1 Å². The van der Waals surface area contributed by atoms with Crippen LogP contribution in [-0.2, 0) is 4.79 Å². The molecule has 0 saturated heterocycles. The van der Waals surface area contributed by atoms with Crippen molar-refractivity contribution in [2.75, 3.05) is 11.7 Å². The standard InChI is InChI=1S/C21H19ClIN5O2/c1-12-26-27-21-17(10-19(29)24-11-23)25-20(13-3-5-14(22)6-4-13)16-9-15(30-2)7-8-18(16)28(12)21/h3-9,17H,10-11H2,1-2H3,(H,24,29)/t17-/m0/s1. The van der Waals surface area contributed by atoms with Crippen LogP contribution in [0.4, 0.5) is 0 Å². The van der Waals surface area contributed by atoms with Crippen molar-refractivity contribution in [2.45, 2.75) is 19.4 Å². The minimum absolute atomic E-state index is 0.0932. The van der Waals surface area contributed by atoms with E-state index in [1.165, 1.54) is 0 Å². The van der Waals surface area contributed by atoms with E-state index < -0.39 is 6.04 Å². The van der Waals surface area contributed by atoms with Gasteiger partial charge in [-0.2, -0.15) is 0 Å². The number of hydrogen-bond acceptors (Lipinski definition) is 5. The molecule has 0 radical (unpaired) electrons. The molecule has 4 rings (SSSR count). The monoisotopic (exact) mass is 535 g/mol. The number of halogens is 2. The zero-order valence-corrected chi connectivity index (χ0v) is 19.3. The average Bonchev–Trinajstić information content (AvgIpc) is 3.06. The Labute approximate surface area is 192 Å². The molecule has 2 heterocycles. The third-order valence-electron chi connectivity index (χ3n) is 4.89. The SMILES string of the molecule is COc1ccc2c(c1)C(c1ccc(Cl)cc1)=N[C@@H](CC(=O)NCI)c1nnc(C)n1-2. The molecule has 0 aliphatic carbocycles. The molecule has 1 atom stereocenters. The first-order valence-corrected chi connectivity index (χ1v) is 11.2. The van der Waals surface area contributed by atoms with Crippen LogP contribution in [0.1, 0.15) is 35.2 Å². The Balaban J connectivity index is 1.96. The van der Waals surface area contributed by atoms with Crippen molar-refractivity contribution in [3.05, 3.63) is 70.3 Å². The van der Waals surface area contributed by atoms with E-state index in [1.807, 2.05) is 54.0 Å². The quantitative estimate of drug-likeness (QED) is 0.304. The Bertz CT molecular complexity index is 1130. The van der Waals surface area contributed by atoms with E-state index in [2.05, 4.69) is 38.1 Å². The largest absolute Gasteiger partial charge is 0.497 e. The number of benzene rings is 2. The van der Waals surface area contributed by atoms with Gasteiger partial charge in [0.05, 0.1) is 29.5 Å². The number of carbonyl (C=O) groups is 1. The summed E-state index contributed by atoms with van der Waals surface area (Å²) in [5.41, 5.74) is 3.40. The number of aliphatic imine (C=N–C) groups is 1. The first-order chi connectivity index (χ1) is 14.5. The molecule has 0 fully saturated rings. The molecular weight excluding hydrogens is 517 g/mol. The molecule has 1 aromatic heterocycles. The second kappa shape index (κ2) is 8.73. The fourth-order valence-electron chi connectivity index (χ4n) is 3.50. The number of alkyl halides is 1. The van der Waals surface area contributed by atoms with Gasteiger partial charge in [0.25, 0.3) is 0 Å². The highest BCUT2D eigenvalue weighted by atomic mass is 127. The Morgan fingerprint density at radius 1 is 1.23 bits per heavy atom. The summed E-state index contributed by atoms with van der Waals surface area (Å²) in [5.74, 6) is 1.97. The highest BCUT2D eigenvalue weighted by Gasteiger charge is 2.29. The average molecular weight is 536 g/mol. The lowest BCUT2D eigenvalue weighted by atomic mass is 10.00. The highest BCUT2D eigenvalue weighted by molar-refractivity contribution is 14.1. The van der Waals surface area contributed by atoms with Crippen molar-refractivity contribution < 1.29 is 9.53 Å². The molecule has 2 aromatic carbocycles. The van der Waals surface area contributed by atoms with Crippen molar-refractivity contribution in [2.24, 2.45) is 4.99 Å². The van der Waals surface area contributed by atoms with E-state index in [1.54, 1.807) is 7.11 Å². The molecule has 9 heteroatoms. The van der Waals surface area contributed by atoms with Gasteiger partial charge in [-0.1, -0.05) is 46.3 Å². The van der Waals surface area contributed by atoms with Crippen LogP contribution in [0, 0.1) is 6.92 Å². The van der Waals surface area contributed by atoms with E-state index in [0.717, 1.165) is 28.4 Å². The van der Waals surface area contributed by atoms with Crippen LogP contribution in [0.5, 0.6) is 5.75 Å². The number of aromatic nitrogens is 3. The van der Waals surface area contributed by atoms with Gasteiger partial charge >= 0.3 is 0 Å². The van der Waals surface area contributed by atoms with E-state index in [-0.39, 0.29) is 12.3 Å². The second-order valence-electron chi connectivity index (χ2n) is 6.76. The van der Waals surface area contributed by atoms with Gasteiger partial charge in [-0.05, 0) is 37.3 Å². The number of fused-ring (bicyclic) bond motifs is 3. The number of ether oxygens (including phenoxy) is 1. The van der Waals surface area contributed by atoms with E-state index in [4.69, 9.17) is 21.3 Å². The lowest BCUT2D eigenvalue weighted by Gasteiger charge is -2.14. The van der Waals surface area contributed by atoms with E-state index in [0.29, 0.717) is 21.1 Å². The van der Waals surface area contributed by atoms with Crippen molar-refractivity contribution in [3.63, 3.8) is 0 Å². The summed E-state index contributed by atoms with van der Waals surface area (Å²) in [6.07, 6.45) is 0.170. The third-order valence-corrected chi connectivity index (χ3v) is 5.53. The molecule has 1 amide bonds. The molecule has 154 valence electrons. The third kappa shape index (κ3) is 3.93. The smallest absolute Gasteiger partial charge is 0.223 e. The molecule has 30 heavy (non-hydrogen) atoms. The molecule has 0 saturated carbocycles. The number of nitrogens with zero attached hydrogens (tertiary/aromatic N) is 4. The number of aryl methyl sites for hydroxylation is 1. The molecular formula is C21H19ClIN5O2. The Morgan fingerprint density at radius 3 is 2.70 bits per heavy atom. The Morgan fingerprint density at radius 2 is 2.00 bits per heavy atom. The maximum absolute atomic E-state index is 12.4. The van der Waals surface area contributed by atoms with Crippen LogP contribution in [0.25, 0.3) is 5.69 Å². The van der Waals surface area contributed by atoms with Gasteiger partial charge in [-0.25, -0.2) is 0 Å². The van der Waals surface area contributed by atoms with Gasteiger partial charge in [-0.15, -0.1) is 10.2 Å². The van der Waals surface area contributed by atoms with Crippen molar-refractivity contribution in [1.29, 1.82) is 0 Å². The zero-order valence-electron chi connectivity index (χ0n) is 16.4. The lowest BCUT2D eigenvalue weighted by Crippen LogP contribution is -2.24. The summed E-state index contributed by atoms with van der Waals surface area (Å²) in [5, 5.41) is 12.1. The van der Waals surface area contributed by atoms with Crippen LogP contribution in [-0.4, -0.2) is 38.0 Å². The number of nitrogens with one attached hydrogen (secondary N) is 1. The number of carbonyl (C=O) groups excluding carboxylic acids is 1. The Kier molecular flexibility index (Phi) is 6.05. The van der Waals surface area contributed by atoms with Gasteiger partial charge in [0.2, 0.25) is 5.91 Å². The van der Waals surface area contributed by atoms with Crippen molar-refractivity contribution in [3.8, 4) is 11.4 Å². The van der Waals surface area contributed by atoms with Crippen molar-refractivity contribution >= 4 is 45.8 Å². The highest BCUT2D eigenvalue weighted by Crippen LogP contribution is 2.34. The number of rotatable bonds is 5. The van der Waals surface area contributed by atoms with Crippen LogP contribution in [0.2, 0.25) is 5.02 Å². The fourth-order valence-corrected chi connectivity index (χ4v) is 4.05. The maximum atomic E-state index is 12.4. The number of hydrogen-bond donors (Lipinski definition) is 1. The molecule has 1 N–H and O–H groups in total. The van der Waals surface area contributed by atoms with E-state index in [9.17, 15) is 4.79 Å².